The topological polar surface area (TPSA) is 52.1 Å². The van der Waals surface area contributed by atoms with Crippen LogP contribution < -0.4 is 10.6 Å². The lowest BCUT2D eigenvalue weighted by molar-refractivity contribution is 0.00272. The Labute approximate surface area is 172 Å². The summed E-state index contributed by atoms with van der Waals surface area (Å²) >= 11 is 0. The number of nitrogens with one attached hydrogen (secondary N) is 2. The number of aliphatic imine (C=N–C) groups is 1. The summed E-state index contributed by atoms with van der Waals surface area (Å²) in [5.41, 5.74) is 0. The Balaban J connectivity index is 0.00000576. The maximum Gasteiger partial charge on any atom is 0.191 e. The molecule has 1 rings (SSSR count). The summed E-state index contributed by atoms with van der Waals surface area (Å²) in [6.07, 6.45) is 2.43. The molecule has 6 nitrogen and oxygen atoms in total. The molecule has 2 N–H and O–H groups in total. The first-order chi connectivity index (χ1) is 11.7. The van der Waals surface area contributed by atoms with Crippen molar-refractivity contribution in [3.63, 3.8) is 0 Å². The maximum absolute atomic E-state index is 5.53. The Kier molecular flexibility index (Phi) is 14.9. The highest BCUT2D eigenvalue weighted by atomic mass is 127. The Morgan fingerprint density at radius 2 is 1.80 bits per heavy atom. The van der Waals surface area contributed by atoms with Crippen LogP contribution in [0.25, 0.3) is 0 Å². The third-order valence-corrected chi connectivity index (χ3v) is 5.14. The van der Waals surface area contributed by atoms with Gasteiger partial charge in [-0.1, -0.05) is 33.6 Å². The molecule has 0 aromatic rings. The van der Waals surface area contributed by atoms with Gasteiger partial charge in [0.25, 0.3) is 0 Å². The number of nitrogens with zero attached hydrogens (tertiary/aromatic N) is 3. The molecule has 0 aromatic heterocycles. The molecular formula is C18H40IN5O. The molecule has 0 saturated carbocycles. The van der Waals surface area contributed by atoms with E-state index >= 15 is 0 Å². The highest BCUT2D eigenvalue weighted by Gasteiger charge is 2.26. The normalized spacial score (nSPS) is 17.5. The standard InChI is InChI=1S/C18H39N5O.HI/c1-6-16(7-2)17(23-11-13-24-14-12-23)15-21-18(19-4)20-9-10-22(5)8-3;/h16-17H,6-15H2,1-5H3,(H2,19,20,21);1H. The van der Waals surface area contributed by atoms with Crippen molar-refractivity contribution in [3.8, 4) is 0 Å². The predicted molar refractivity (Wildman–Crippen MR) is 118 cm³/mol. The molecule has 0 spiro atoms. The summed E-state index contributed by atoms with van der Waals surface area (Å²) in [4.78, 5) is 9.25. The van der Waals surface area contributed by atoms with E-state index in [1.807, 2.05) is 7.05 Å². The van der Waals surface area contributed by atoms with E-state index in [4.69, 9.17) is 4.74 Å². The zero-order valence-electron chi connectivity index (χ0n) is 16.9. The molecule has 0 radical (unpaired) electrons. The molecule has 0 amide bonds. The summed E-state index contributed by atoms with van der Waals surface area (Å²) in [5, 5.41) is 6.97. The average molecular weight is 469 g/mol. The van der Waals surface area contributed by atoms with Crippen molar-refractivity contribution in [1.82, 2.24) is 20.4 Å². The Morgan fingerprint density at radius 3 is 2.32 bits per heavy atom. The van der Waals surface area contributed by atoms with Gasteiger partial charge in [-0.2, -0.15) is 0 Å². The van der Waals surface area contributed by atoms with Crippen molar-refractivity contribution in [1.29, 1.82) is 0 Å². The minimum absolute atomic E-state index is 0. The van der Waals surface area contributed by atoms with Crippen molar-refractivity contribution in [2.45, 2.75) is 39.7 Å². The number of ether oxygens (including phenoxy) is 1. The van der Waals surface area contributed by atoms with Crippen LogP contribution in [0.2, 0.25) is 0 Å². The second-order valence-electron chi connectivity index (χ2n) is 6.57. The SMILES string of the molecule is CCC(CC)C(CNC(=NC)NCCN(C)CC)N1CCOCC1.I. The molecule has 1 heterocycles. The minimum Gasteiger partial charge on any atom is -0.379 e. The summed E-state index contributed by atoms with van der Waals surface area (Å²) in [5.74, 6) is 1.61. The fourth-order valence-corrected chi connectivity index (χ4v) is 3.28. The molecule has 1 aliphatic rings. The predicted octanol–water partition coefficient (Wildman–Crippen LogP) is 1.86. The van der Waals surface area contributed by atoms with Gasteiger partial charge < -0.3 is 20.3 Å². The number of hydrogen-bond donors (Lipinski definition) is 2. The fraction of sp³-hybridized carbons (Fsp3) is 0.944. The lowest BCUT2D eigenvalue weighted by atomic mass is 9.92. The first kappa shape index (κ1) is 24.9. The third kappa shape index (κ3) is 9.40. The van der Waals surface area contributed by atoms with Crippen molar-refractivity contribution < 1.29 is 4.74 Å². The van der Waals surface area contributed by atoms with Gasteiger partial charge in [-0.15, -0.1) is 24.0 Å². The summed E-state index contributed by atoms with van der Waals surface area (Å²) in [7, 11) is 3.99. The number of guanidine groups is 1. The monoisotopic (exact) mass is 469 g/mol. The summed E-state index contributed by atoms with van der Waals surface area (Å²) in [6, 6.07) is 0.542. The lowest BCUT2D eigenvalue weighted by Crippen LogP contribution is -2.53. The molecule has 0 aromatic carbocycles. The van der Waals surface area contributed by atoms with Crippen molar-refractivity contribution in [3.05, 3.63) is 0 Å². The van der Waals surface area contributed by atoms with Gasteiger partial charge >= 0.3 is 0 Å². The average Bonchev–Trinajstić information content (AvgIpc) is 2.63. The van der Waals surface area contributed by atoms with E-state index < -0.39 is 0 Å². The van der Waals surface area contributed by atoms with Crippen LogP contribution in [0.1, 0.15) is 33.6 Å². The van der Waals surface area contributed by atoms with Crippen LogP contribution in [0.4, 0.5) is 0 Å². The lowest BCUT2D eigenvalue weighted by Gasteiger charge is -2.39. The van der Waals surface area contributed by atoms with E-state index in [2.05, 4.69) is 53.2 Å². The van der Waals surface area contributed by atoms with Gasteiger partial charge in [0.05, 0.1) is 13.2 Å². The first-order valence-electron chi connectivity index (χ1n) is 9.60. The number of morpholine rings is 1. The van der Waals surface area contributed by atoms with E-state index in [0.29, 0.717) is 12.0 Å². The van der Waals surface area contributed by atoms with Crippen LogP contribution in [0.15, 0.2) is 4.99 Å². The molecule has 1 saturated heterocycles. The Hall–Kier alpha value is -0.120. The molecule has 0 bridgehead atoms. The van der Waals surface area contributed by atoms with Crippen LogP contribution in [0.3, 0.4) is 0 Å². The van der Waals surface area contributed by atoms with E-state index in [-0.39, 0.29) is 24.0 Å². The van der Waals surface area contributed by atoms with Gasteiger partial charge in [-0.05, 0) is 19.5 Å². The second kappa shape index (κ2) is 15.0. The number of halogens is 1. The summed E-state index contributed by atoms with van der Waals surface area (Å²) in [6.45, 7) is 14.5. The van der Waals surface area contributed by atoms with Gasteiger partial charge in [0.1, 0.15) is 0 Å². The van der Waals surface area contributed by atoms with Crippen LogP contribution in [-0.4, -0.2) is 88.4 Å². The van der Waals surface area contributed by atoms with Gasteiger partial charge in [0.2, 0.25) is 0 Å². The van der Waals surface area contributed by atoms with Gasteiger partial charge in [0, 0.05) is 45.8 Å². The smallest absolute Gasteiger partial charge is 0.191 e. The van der Waals surface area contributed by atoms with E-state index in [1.165, 1.54) is 12.8 Å². The van der Waals surface area contributed by atoms with Crippen LogP contribution >= 0.6 is 24.0 Å². The highest BCUT2D eigenvalue weighted by Crippen LogP contribution is 2.19. The van der Waals surface area contributed by atoms with Crippen molar-refractivity contribution in [2.75, 3.05) is 66.6 Å². The Bertz CT molecular complexity index is 346. The molecule has 1 atom stereocenters. The quantitative estimate of drug-likeness (QED) is 0.291. The number of likely N-dealkylation sites (N-methyl/N-ethyl adjacent to an activating group) is 1. The third-order valence-electron chi connectivity index (χ3n) is 5.14. The first-order valence-corrected chi connectivity index (χ1v) is 9.60. The zero-order valence-corrected chi connectivity index (χ0v) is 19.2. The zero-order chi connectivity index (χ0) is 17.8. The molecule has 7 heteroatoms. The van der Waals surface area contributed by atoms with E-state index in [0.717, 1.165) is 58.4 Å². The minimum atomic E-state index is 0. The Morgan fingerprint density at radius 1 is 1.16 bits per heavy atom. The van der Waals surface area contributed by atoms with E-state index in [1.54, 1.807) is 0 Å². The number of hydrogen-bond acceptors (Lipinski definition) is 4. The van der Waals surface area contributed by atoms with Crippen molar-refractivity contribution in [2.24, 2.45) is 10.9 Å². The van der Waals surface area contributed by atoms with Crippen LogP contribution in [-0.2, 0) is 4.74 Å². The van der Waals surface area contributed by atoms with Crippen LogP contribution in [0, 0.1) is 5.92 Å². The summed E-state index contributed by atoms with van der Waals surface area (Å²) < 4.78 is 5.53. The molecule has 1 aliphatic heterocycles. The van der Waals surface area contributed by atoms with E-state index in [9.17, 15) is 0 Å². The van der Waals surface area contributed by atoms with Crippen LogP contribution in [0.5, 0.6) is 0 Å². The highest BCUT2D eigenvalue weighted by molar-refractivity contribution is 14.0. The van der Waals surface area contributed by atoms with Gasteiger partial charge in [-0.3, -0.25) is 9.89 Å². The largest absolute Gasteiger partial charge is 0.379 e. The van der Waals surface area contributed by atoms with Gasteiger partial charge in [0.15, 0.2) is 5.96 Å². The van der Waals surface area contributed by atoms with Crippen molar-refractivity contribution >= 4 is 29.9 Å². The molecule has 1 fully saturated rings. The van der Waals surface area contributed by atoms with Gasteiger partial charge in [-0.25, -0.2) is 0 Å². The molecule has 150 valence electrons. The molecular weight excluding hydrogens is 429 g/mol. The molecule has 25 heavy (non-hydrogen) atoms. The molecule has 0 aliphatic carbocycles. The second-order valence-corrected chi connectivity index (χ2v) is 6.57. The fourth-order valence-electron chi connectivity index (χ4n) is 3.28. The number of rotatable bonds is 10. The maximum atomic E-state index is 5.53. The molecule has 1 unspecified atom stereocenters.